The van der Waals surface area contributed by atoms with Crippen LogP contribution in [0, 0.1) is 11.7 Å². The van der Waals surface area contributed by atoms with Crippen molar-refractivity contribution in [3.8, 4) is 0 Å². The van der Waals surface area contributed by atoms with Crippen molar-refractivity contribution >= 4 is 17.5 Å². The Morgan fingerprint density at radius 3 is 2.68 bits per heavy atom. The van der Waals surface area contributed by atoms with Crippen molar-refractivity contribution in [2.45, 2.75) is 44.7 Å². The highest BCUT2D eigenvalue weighted by atomic mass is 35.5. The third-order valence-corrected chi connectivity index (χ3v) is 6.44. The molecular weight excluding hydrogens is 375 g/mol. The number of nitrogens with one attached hydrogen (secondary N) is 1. The topological polar surface area (TPSA) is 32.3 Å². The van der Waals surface area contributed by atoms with Crippen LogP contribution < -0.4 is 5.32 Å². The third kappa shape index (κ3) is 4.23. The zero-order chi connectivity index (χ0) is 19.5. The van der Waals surface area contributed by atoms with Gasteiger partial charge in [0, 0.05) is 23.0 Å². The zero-order valence-corrected chi connectivity index (χ0v) is 16.7. The number of amides is 1. The average Bonchev–Trinajstić information content (AvgIpc) is 2.71. The van der Waals surface area contributed by atoms with Gasteiger partial charge in [-0.3, -0.25) is 9.69 Å². The van der Waals surface area contributed by atoms with Gasteiger partial charge in [-0.25, -0.2) is 4.39 Å². The molecule has 28 heavy (non-hydrogen) atoms. The smallest absolute Gasteiger partial charge is 0.223 e. The summed E-state index contributed by atoms with van der Waals surface area (Å²) in [5, 5.41) is 3.76. The Labute approximate surface area is 170 Å². The van der Waals surface area contributed by atoms with Crippen LogP contribution in [0.3, 0.4) is 0 Å². The highest BCUT2D eigenvalue weighted by Gasteiger charge is 2.29. The minimum Gasteiger partial charge on any atom is -0.349 e. The summed E-state index contributed by atoms with van der Waals surface area (Å²) in [6, 6.07) is 13.4. The van der Waals surface area contributed by atoms with Gasteiger partial charge >= 0.3 is 0 Å². The number of fused-ring (bicyclic) bond motifs is 1. The molecule has 2 aromatic rings. The summed E-state index contributed by atoms with van der Waals surface area (Å²) in [5.41, 5.74) is 3.18. The first kappa shape index (κ1) is 19.4. The van der Waals surface area contributed by atoms with Crippen LogP contribution in [-0.4, -0.2) is 23.9 Å². The number of halogens is 2. The molecule has 0 aromatic heterocycles. The van der Waals surface area contributed by atoms with Crippen molar-refractivity contribution in [2.75, 3.05) is 13.1 Å². The van der Waals surface area contributed by atoms with Crippen LogP contribution in [0.5, 0.6) is 0 Å². The van der Waals surface area contributed by atoms with Crippen LogP contribution in [0.15, 0.2) is 42.5 Å². The maximum absolute atomic E-state index is 14.0. The molecule has 0 spiro atoms. The first-order chi connectivity index (χ1) is 13.6. The van der Waals surface area contributed by atoms with Crippen LogP contribution in [0.1, 0.15) is 48.4 Å². The standard InChI is InChI=1S/C23H26ClFN2O/c24-20-8-4-9-21(25)19(20)15-27-13-11-17(12-14-27)23(28)26-22-10-3-6-16-5-1-2-7-18(16)22/h1-2,4-5,7-9,17,22H,3,6,10-15H2,(H,26,28). The molecule has 1 atom stereocenters. The number of piperidine rings is 1. The van der Waals surface area contributed by atoms with Crippen molar-refractivity contribution in [2.24, 2.45) is 5.92 Å². The molecule has 4 rings (SSSR count). The van der Waals surface area contributed by atoms with Crippen molar-refractivity contribution in [1.29, 1.82) is 0 Å². The summed E-state index contributed by atoms with van der Waals surface area (Å²) in [6.07, 6.45) is 4.81. The van der Waals surface area contributed by atoms with Crippen LogP contribution in [0.25, 0.3) is 0 Å². The second-order valence-corrected chi connectivity index (χ2v) is 8.31. The molecule has 0 bridgehead atoms. The molecule has 5 heteroatoms. The quantitative estimate of drug-likeness (QED) is 0.792. The number of nitrogens with zero attached hydrogens (tertiary/aromatic N) is 1. The van der Waals surface area contributed by atoms with Gasteiger partial charge in [0.15, 0.2) is 0 Å². The van der Waals surface area contributed by atoms with E-state index in [-0.39, 0.29) is 23.7 Å². The highest BCUT2D eigenvalue weighted by Crippen LogP contribution is 2.30. The van der Waals surface area contributed by atoms with Gasteiger partial charge in [-0.15, -0.1) is 0 Å². The Morgan fingerprint density at radius 2 is 1.89 bits per heavy atom. The molecule has 1 heterocycles. The van der Waals surface area contributed by atoms with Gasteiger partial charge in [0.2, 0.25) is 5.91 Å². The Bertz CT molecular complexity index is 828. The Morgan fingerprint density at radius 1 is 1.11 bits per heavy atom. The lowest BCUT2D eigenvalue weighted by molar-refractivity contribution is -0.127. The number of aryl methyl sites for hydroxylation is 1. The van der Waals surface area contributed by atoms with Gasteiger partial charge in [0.25, 0.3) is 0 Å². The van der Waals surface area contributed by atoms with Crippen molar-refractivity contribution in [3.05, 3.63) is 70.0 Å². The fourth-order valence-corrected chi connectivity index (χ4v) is 4.68. The summed E-state index contributed by atoms with van der Waals surface area (Å²) in [7, 11) is 0. The maximum atomic E-state index is 14.0. The molecule has 148 valence electrons. The van der Waals surface area contributed by atoms with Gasteiger partial charge in [0.1, 0.15) is 5.82 Å². The van der Waals surface area contributed by atoms with Gasteiger partial charge in [-0.05, 0) is 68.5 Å². The number of likely N-dealkylation sites (tertiary alicyclic amines) is 1. The van der Waals surface area contributed by atoms with E-state index in [4.69, 9.17) is 11.6 Å². The molecule has 0 radical (unpaired) electrons. The molecule has 1 N–H and O–H groups in total. The number of rotatable bonds is 4. The number of carbonyl (C=O) groups is 1. The number of benzene rings is 2. The van der Waals surface area contributed by atoms with Crippen molar-refractivity contribution < 1.29 is 9.18 Å². The third-order valence-electron chi connectivity index (χ3n) is 6.09. The lowest BCUT2D eigenvalue weighted by Gasteiger charge is -2.33. The first-order valence-corrected chi connectivity index (χ1v) is 10.5. The molecule has 1 aliphatic carbocycles. The fraction of sp³-hybridized carbons (Fsp3) is 0.435. The summed E-state index contributed by atoms with van der Waals surface area (Å²) >= 11 is 6.15. The molecule has 1 saturated heterocycles. The van der Waals surface area contributed by atoms with E-state index in [1.807, 2.05) is 0 Å². The van der Waals surface area contributed by atoms with Gasteiger partial charge in [-0.2, -0.15) is 0 Å². The van der Waals surface area contributed by atoms with Crippen LogP contribution >= 0.6 is 11.6 Å². The molecule has 2 aromatic carbocycles. The summed E-state index contributed by atoms with van der Waals surface area (Å²) < 4.78 is 14.0. The predicted octanol–water partition coefficient (Wildman–Crippen LogP) is 4.88. The maximum Gasteiger partial charge on any atom is 0.223 e. The average molecular weight is 401 g/mol. The largest absolute Gasteiger partial charge is 0.349 e. The van der Waals surface area contributed by atoms with E-state index in [0.29, 0.717) is 17.1 Å². The molecule has 1 amide bonds. The molecule has 1 unspecified atom stereocenters. The molecule has 3 nitrogen and oxygen atoms in total. The Kier molecular flexibility index (Phi) is 5.98. The fourth-order valence-electron chi connectivity index (χ4n) is 4.45. The highest BCUT2D eigenvalue weighted by molar-refractivity contribution is 6.31. The van der Waals surface area contributed by atoms with Gasteiger partial charge in [-0.1, -0.05) is 41.9 Å². The first-order valence-electron chi connectivity index (χ1n) is 10.2. The molecule has 1 aliphatic heterocycles. The Balaban J connectivity index is 1.32. The second-order valence-electron chi connectivity index (χ2n) is 7.90. The summed E-state index contributed by atoms with van der Waals surface area (Å²) in [4.78, 5) is 15.0. The van der Waals surface area contributed by atoms with E-state index in [0.717, 1.165) is 45.2 Å². The number of carbonyl (C=O) groups excluding carboxylic acids is 1. The van der Waals surface area contributed by atoms with E-state index in [1.54, 1.807) is 12.1 Å². The minimum absolute atomic E-state index is 0.0291. The van der Waals surface area contributed by atoms with Crippen molar-refractivity contribution in [3.63, 3.8) is 0 Å². The van der Waals surface area contributed by atoms with Gasteiger partial charge in [0.05, 0.1) is 6.04 Å². The second kappa shape index (κ2) is 8.62. The molecular formula is C23H26ClFN2O. The van der Waals surface area contributed by atoms with Crippen LogP contribution in [-0.2, 0) is 17.8 Å². The Hall–Kier alpha value is -1.91. The molecule has 0 saturated carbocycles. The lowest BCUT2D eigenvalue weighted by atomic mass is 9.87. The SMILES string of the molecule is O=C(NC1CCCc2ccccc21)C1CCN(Cc2c(F)cccc2Cl)CC1. The predicted molar refractivity (Wildman–Crippen MR) is 110 cm³/mol. The number of hydrogen-bond acceptors (Lipinski definition) is 2. The van der Waals surface area contributed by atoms with Crippen LogP contribution in [0.2, 0.25) is 5.02 Å². The molecule has 2 aliphatic rings. The van der Waals surface area contributed by atoms with E-state index in [2.05, 4.69) is 34.5 Å². The minimum atomic E-state index is -0.261. The van der Waals surface area contributed by atoms with E-state index >= 15 is 0 Å². The zero-order valence-electron chi connectivity index (χ0n) is 16.0. The normalized spacial score (nSPS) is 20.6. The van der Waals surface area contributed by atoms with E-state index < -0.39 is 0 Å². The van der Waals surface area contributed by atoms with E-state index in [1.165, 1.54) is 17.2 Å². The molecule has 1 fully saturated rings. The van der Waals surface area contributed by atoms with Gasteiger partial charge < -0.3 is 5.32 Å². The van der Waals surface area contributed by atoms with Crippen molar-refractivity contribution in [1.82, 2.24) is 10.2 Å². The lowest BCUT2D eigenvalue weighted by Crippen LogP contribution is -2.42. The monoisotopic (exact) mass is 400 g/mol. The van der Waals surface area contributed by atoms with E-state index in [9.17, 15) is 9.18 Å². The number of hydrogen-bond donors (Lipinski definition) is 1. The summed E-state index contributed by atoms with van der Waals surface area (Å²) in [6.45, 7) is 2.06. The summed E-state index contributed by atoms with van der Waals surface area (Å²) in [5.74, 6) is -0.0740. The van der Waals surface area contributed by atoms with Crippen LogP contribution in [0.4, 0.5) is 4.39 Å².